The van der Waals surface area contributed by atoms with E-state index in [0.29, 0.717) is 6.42 Å². The van der Waals surface area contributed by atoms with E-state index in [-0.39, 0.29) is 13.0 Å². The molecule has 0 aromatic carbocycles. The van der Waals surface area contributed by atoms with Gasteiger partial charge in [-0.2, -0.15) is 0 Å². The maximum absolute atomic E-state index is 12.1. The van der Waals surface area contributed by atoms with Crippen molar-refractivity contribution in [2.75, 3.05) is 26.4 Å². The second kappa shape index (κ2) is 23.5. The molecule has 0 saturated carbocycles. The molecular weight excluding hydrogens is 620 g/mol. The van der Waals surface area contributed by atoms with E-state index in [4.69, 9.17) is 23.7 Å². The van der Waals surface area contributed by atoms with Crippen molar-refractivity contribution in [2.24, 2.45) is 0 Å². The normalized spacial score (nSPS) is 32.4. The van der Waals surface area contributed by atoms with Crippen LogP contribution in [-0.4, -0.2) is 141 Å². The second-order valence-electron chi connectivity index (χ2n) is 11.8. The first-order valence-electron chi connectivity index (χ1n) is 16.6. The number of ether oxygens (including phenoxy) is 5. The van der Waals surface area contributed by atoms with Crippen LogP contribution in [0, 0.1) is 0 Å². The van der Waals surface area contributed by atoms with Crippen LogP contribution in [0.15, 0.2) is 36.5 Å². The van der Waals surface area contributed by atoms with E-state index in [9.17, 15) is 45.6 Å². The molecule has 47 heavy (non-hydrogen) atoms. The van der Waals surface area contributed by atoms with Gasteiger partial charge in [0.05, 0.1) is 19.8 Å². The summed E-state index contributed by atoms with van der Waals surface area (Å²) in [7, 11) is 0. The van der Waals surface area contributed by atoms with Gasteiger partial charge in [0.2, 0.25) is 0 Å². The van der Waals surface area contributed by atoms with E-state index < -0.39 is 93.3 Å². The van der Waals surface area contributed by atoms with Crippen LogP contribution in [0.3, 0.4) is 0 Å². The fourth-order valence-electron chi connectivity index (χ4n) is 4.99. The highest BCUT2D eigenvalue weighted by atomic mass is 16.7. The number of aliphatic hydroxyl groups is 8. The molecule has 0 aromatic heterocycles. The molecule has 14 nitrogen and oxygen atoms in total. The number of hydrogen-bond acceptors (Lipinski definition) is 14. The second-order valence-corrected chi connectivity index (χ2v) is 11.8. The molecule has 0 bridgehead atoms. The molecular formula is C33H56O14. The average Bonchev–Trinajstić information content (AvgIpc) is 3.06. The molecule has 272 valence electrons. The SMILES string of the molecule is CC/C=C\C/C=C\C/C=C\CCCCCCCC(=O)OCC(O)COC1OC(COC2OC(CO)C(O)C(O)C2O)C(O)C(O)C1O. The molecule has 0 aromatic rings. The van der Waals surface area contributed by atoms with Gasteiger partial charge in [0, 0.05) is 6.42 Å². The van der Waals surface area contributed by atoms with Crippen molar-refractivity contribution < 1.29 is 69.3 Å². The predicted octanol–water partition coefficient (Wildman–Crippen LogP) is 0.121. The third kappa shape index (κ3) is 15.1. The van der Waals surface area contributed by atoms with E-state index >= 15 is 0 Å². The Balaban J connectivity index is 1.59. The standard InChI is InChI=1S/C33H56O14/c1-2-3-4-5-6-7-8-9-10-11-12-13-14-15-16-17-25(36)43-19-22(35)20-44-32-31(42)29(40)27(38)24(47-32)21-45-33-30(41)28(39)26(37)23(18-34)46-33/h3-4,6-7,9-10,22-24,26-35,37-42H,2,5,8,11-21H2,1H3/b4-3-,7-6-,10-9-. The zero-order valence-electron chi connectivity index (χ0n) is 27.2. The summed E-state index contributed by atoms with van der Waals surface area (Å²) in [5, 5.41) is 80.3. The zero-order valence-corrected chi connectivity index (χ0v) is 27.2. The van der Waals surface area contributed by atoms with Crippen LogP contribution in [0.4, 0.5) is 0 Å². The molecule has 14 heteroatoms. The lowest BCUT2D eigenvalue weighted by Gasteiger charge is -2.42. The third-order valence-electron chi connectivity index (χ3n) is 7.86. The predicted molar refractivity (Wildman–Crippen MR) is 169 cm³/mol. The lowest BCUT2D eigenvalue weighted by Crippen LogP contribution is -2.61. The van der Waals surface area contributed by atoms with Gasteiger partial charge in [0.25, 0.3) is 0 Å². The molecule has 2 fully saturated rings. The molecule has 11 atom stereocenters. The topological polar surface area (TPSA) is 225 Å². The molecule has 2 aliphatic rings. The van der Waals surface area contributed by atoms with Crippen molar-refractivity contribution >= 4 is 5.97 Å². The minimum Gasteiger partial charge on any atom is -0.463 e. The maximum atomic E-state index is 12.1. The molecule has 8 N–H and O–H groups in total. The van der Waals surface area contributed by atoms with Crippen molar-refractivity contribution in [1.82, 2.24) is 0 Å². The first kappa shape index (κ1) is 41.4. The number of hydrogen-bond donors (Lipinski definition) is 8. The zero-order chi connectivity index (χ0) is 34.6. The van der Waals surface area contributed by atoms with Gasteiger partial charge in [0.1, 0.15) is 61.5 Å². The Hall–Kier alpha value is -1.79. The number of unbranched alkanes of at least 4 members (excludes halogenated alkanes) is 5. The number of carbonyl (C=O) groups is 1. The Kier molecular flexibility index (Phi) is 20.7. The fourth-order valence-corrected chi connectivity index (χ4v) is 4.99. The number of allylic oxidation sites excluding steroid dienone is 6. The molecule has 2 heterocycles. The molecule has 0 radical (unpaired) electrons. The van der Waals surface area contributed by atoms with Gasteiger partial charge < -0.3 is 64.5 Å². The number of carbonyl (C=O) groups excluding carboxylic acids is 1. The van der Waals surface area contributed by atoms with Gasteiger partial charge >= 0.3 is 5.97 Å². The molecule has 0 amide bonds. The highest BCUT2D eigenvalue weighted by Crippen LogP contribution is 2.26. The number of esters is 1. The highest BCUT2D eigenvalue weighted by Gasteiger charge is 2.47. The maximum Gasteiger partial charge on any atom is 0.305 e. The van der Waals surface area contributed by atoms with Crippen LogP contribution in [0.2, 0.25) is 0 Å². The smallest absolute Gasteiger partial charge is 0.305 e. The van der Waals surface area contributed by atoms with Crippen molar-refractivity contribution in [3.05, 3.63) is 36.5 Å². The van der Waals surface area contributed by atoms with E-state index in [1.165, 1.54) is 0 Å². The summed E-state index contributed by atoms with van der Waals surface area (Å²) in [5.74, 6) is -0.455. The lowest BCUT2D eigenvalue weighted by molar-refractivity contribution is -0.332. The summed E-state index contributed by atoms with van der Waals surface area (Å²) in [6.45, 7) is 0.155. The van der Waals surface area contributed by atoms with Crippen LogP contribution in [0.25, 0.3) is 0 Å². The summed E-state index contributed by atoms with van der Waals surface area (Å²) < 4.78 is 26.6. The van der Waals surface area contributed by atoms with Crippen molar-refractivity contribution in [1.29, 1.82) is 0 Å². The quantitative estimate of drug-likeness (QED) is 0.0433. The molecule has 0 spiro atoms. The summed E-state index contributed by atoms with van der Waals surface area (Å²) >= 11 is 0. The Morgan fingerprint density at radius 2 is 1.23 bits per heavy atom. The van der Waals surface area contributed by atoms with Crippen LogP contribution in [0.1, 0.15) is 71.1 Å². The molecule has 2 aliphatic heterocycles. The first-order valence-corrected chi connectivity index (χ1v) is 16.6. The average molecular weight is 677 g/mol. The summed E-state index contributed by atoms with van der Waals surface area (Å²) in [5.41, 5.74) is 0. The van der Waals surface area contributed by atoms with E-state index in [2.05, 4.69) is 43.4 Å². The van der Waals surface area contributed by atoms with Crippen molar-refractivity contribution in [3.63, 3.8) is 0 Å². The van der Waals surface area contributed by atoms with Gasteiger partial charge in [-0.05, 0) is 38.5 Å². The van der Waals surface area contributed by atoms with Gasteiger partial charge in [-0.25, -0.2) is 0 Å². The number of rotatable bonds is 22. The first-order chi connectivity index (χ1) is 22.6. The monoisotopic (exact) mass is 676 g/mol. The Labute approximate surface area is 276 Å². The minimum atomic E-state index is -1.73. The van der Waals surface area contributed by atoms with Crippen molar-refractivity contribution in [3.8, 4) is 0 Å². The molecule has 11 unspecified atom stereocenters. The third-order valence-corrected chi connectivity index (χ3v) is 7.86. The lowest BCUT2D eigenvalue weighted by atomic mass is 9.98. The number of aliphatic hydroxyl groups excluding tert-OH is 8. The Morgan fingerprint density at radius 1 is 0.681 bits per heavy atom. The largest absolute Gasteiger partial charge is 0.463 e. The van der Waals surface area contributed by atoms with Crippen LogP contribution >= 0.6 is 0 Å². The van der Waals surface area contributed by atoms with E-state index in [1.54, 1.807) is 0 Å². The van der Waals surface area contributed by atoms with Gasteiger partial charge in [-0.15, -0.1) is 0 Å². The Morgan fingerprint density at radius 3 is 1.89 bits per heavy atom. The van der Waals surface area contributed by atoms with E-state index in [0.717, 1.165) is 51.4 Å². The highest BCUT2D eigenvalue weighted by molar-refractivity contribution is 5.69. The fraction of sp³-hybridized carbons (Fsp3) is 0.788. The van der Waals surface area contributed by atoms with E-state index in [1.807, 2.05) is 0 Å². The Bertz CT molecular complexity index is 927. The van der Waals surface area contributed by atoms with Crippen LogP contribution < -0.4 is 0 Å². The van der Waals surface area contributed by atoms with Crippen molar-refractivity contribution in [2.45, 2.75) is 139 Å². The van der Waals surface area contributed by atoms with Gasteiger partial charge in [-0.1, -0.05) is 62.6 Å². The summed E-state index contributed by atoms with van der Waals surface area (Å²) in [4.78, 5) is 12.1. The van der Waals surface area contributed by atoms with Gasteiger partial charge in [-0.3, -0.25) is 4.79 Å². The summed E-state index contributed by atoms with van der Waals surface area (Å²) in [6, 6.07) is 0. The van der Waals surface area contributed by atoms with Crippen LogP contribution in [-0.2, 0) is 28.5 Å². The molecule has 2 rings (SSSR count). The molecule has 2 saturated heterocycles. The van der Waals surface area contributed by atoms with Gasteiger partial charge in [0.15, 0.2) is 12.6 Å². The molecule has 0 aliphatic carbocycles. The minimum absolute atomic E-state index is 0.220. The summed E-state index contributed by atoms with van der Waals surface area (Å²) in [6.07, 6.45) is 5.21. The van der Waals surface area contributed by atoms with Crippen LogP contribution in [0.5, 0.6) is 0 Å².